The minimum atomic E-state index is -0.285. The number of fused-ring (bicyclic) bond motifs is 1. The zero-order valence-corrected chi connectivity index (χ0v) is 15.0. The Bertz CT molecular complexity index is 737. The highest BCUT2D eigenvalue weighted by molar-refractivity contribution is 5.73. The summed E-state index contributed by atoms with van der Waals surface area (Å²) < 4.78 is 5.30. The Morgan fingerprint density at radius 3 is 2.50 bits per heavy atom. The molecule has 0 radical (unpaired) electrons. The van der Waals surface area contributed by atoms with Crippen molar-refractivity contribution in [2.75, 3.05) is 19.8 Å². The summed E-state index contributed by atoms with van der Waals surface area (Å²) in [5, 5.41) is 2.00. The number of carbonyl (C=O) groups is 1. The Morgan fingerprint density at radius 2 is 1.81 bits per heavy atom. The molecule has 0 N–H and O–H groups in total. The smallest absolute Gasteiger partial charge is 0.314 e. The van der Waals surface area contributed by atoms with E-state index in [1.165, 1.54) is 11.1 Å². The molecule has 0 unspecified atom stereocenters. The van der Waals surface area contributed by atoms with E-state index in [9.17, 15) is 4.79 Å². The number of esters is 1. The van der Waals surface area contributed by atoms with Crippen LogP contribution >= 0.6 is 0 Å². The van der Waals surface area contributed by atoms with Gasteiger partial charge in [0.25, 0.3) is 0 Å². The number of benzene rings is 2. The van der Waals surface area contributed by atoms with Crippen LogP contribution < -0.4 is 0 Å². The average molecular weight is 352 g/mol. The molecule has 0 aromatic heterocycles. The third-order valence-corrected chi connectivity index (χ3v) is 5.11. The van der Waals surface area contributed by atoms with E-state index in [1.54, 1.807) is 0 Å². The maximum absolute atomic E-state index is 12.5. The molecule has 26 heavy (non-hydrogen) atoms. The minimum Gasteiger partial charge on any atom is -0.466 e. The van der Waals surface area contributed by atoms with Crippen molar-refractivity contribution in [1.29, 1.82) is 0 Å². The Morgan fingerprint density at radius 1 is 1.12 bits per heavy atom. The lowest BCUT2D eigenvalue weighted by molar-refractivity contribution is -0.153. The second-order valence-corrected chi connectivity index (χ2v) is 6.77. The molecule has 0 bridgehead atoms. The van der Waals surface area contributed by atoms with Crippen molar-refractivity contribution >= 4 is 5.97 Å². The second kappa shape index (κ2) is 7.58. The maximum atomic E-state index is 12.5. The first-order valence-electron chi connectivity index (χ1n) is 9.18. The number of nitrogens with zero attached hydrogens (tertiary/aromatic N) is 2. The standard InChI is InChI=1S/C21H24N2O3/c1-2-25-21(24)18-15-26-23-19(17-11-7-4-8-12-17)14-22(20(18)23)13-16-9-5-3-6-10-16/h3-12,18-20H,2,13-15H2,1H3/t18-,19+,20-/m0/s1. The second-order valence-electron chi connectivity index (χ2n) is 6.77. The van der Waals surface area contributed by atoms with Gasteiger partial charge in [-0.3, -0.25) is 14.5 Å². The molecule has 4 rings (SSSR count). The summed E-state index contributed by atoms with van der Waals surface area (Å²) in [4.78, 5) is 20.8. The number of hydrogen-bond acceptors (Lipinski definition) is 5. The summed E-state index contributed by atoms with van der Waals surface area (Å²) >= 11 is 0. The normalized spacial score (nSPS) is 26.0. The molecule has 2 aromatic rings. The predicted molar refractivity (Wildman–Crippen MR) is 97.7 cm³/mol. The summed E-state index contributed by atoms with van der Waals surface area (Å²) in [6, 6.07) is 20.8. The largest absolute Gasteiger partial charge is 0.466 e. The van der Waals surface area contributed by atoms with Crippen molar-refractivity contribution < 1.29 is 14.4 Å². The third-order valence-electron chi connectivity index (χ3n) is 5.11. The van der Waals surface area contributed by atoms with E-state index in [4.69, 9.17) is 9.57 Å². The molecule has 0 aliphatic carbocycles. The topological polar surface area (TPSA) is 42.0 Å². The number of carbonyl (C=O) groups excluding carboxylic acids is 1. The summed E-state index contributed by atoms with van der Waals surface area (Å²) in [5.41, 5.74) is 2.44. The number of rotatable bonds is 5. The van der Waals surface area contributed by atoms with Gasteiger partial charge in [0.2, 0.25) is 0 Å². The van der Waals surface area contributed by atoms with Gasteiger partial charge in [-0.25, -0.2) is 0 Å². The maximum Gasteiger partial charge on any atom is 0.314 e. The van der Waals surface area contributed by atoms with E-state index in [0.29, 0.717) is 13.2 Å². The summed E-state index contributed by atoms with van der Waals surface area (Å²) in [6.07, 6.45) is -0.0977. The van der Waals surface area contributed by atoms with E-state index in [-0.39, 0.29) is 24.1 Å². The van der Waals surface area contributed by atoms with Crippen LogP contribution in [0.4, 0.5) is 0 Å². The zero-order valence-electron chi connectivity index (χ0n) is 15.0. The summed E-state index contributed by atoms with van der Waals surface area (Å²) in [6.45, 7) is 4.21. The molecule has 5 nitrogen and oxygen atoms in total. The molecule has 5 heteroatoms. The minimum absolute atomic E-state index is 0.0977. The fourth-order valence-electron chi connectivity index (χ4n) is 3.95. The van der Waals surface area contributed by atoms with Crippen molar-refractivity contribution in [3.05, 3.63) is 71.8 Å². The van der Waals surface area contributed by atoms with Gasteiger partial charge in [-0.15, -0.1) is 0 Å². The van der Waals surface area contributed by atoms with Gasteiger partial charge in [-0.2, -0.15) is 5.06 Å². The molecule has 2 fully saturated rings. The van der Waals surface area contributed by atoms with Crippen LogP contribution in [0.2, 0.25) is 0 Å². The lowest BCUT2D eigenvalue weighted by atomic mass is 10.1. The van der Waals surface area contributed by atoms with Crippen molar-refractivity contribution in [2.45, 2.75) is 25.7 Å². The first kappa shape index (κ1) is 17.2. The van der Waals surface area contributed by atoms with Gasteiger partial charge in [0.15, 0.2) is 0 Å². The Hall–Kier alpha value is -2.21. The van der Waals surface area contributed by atoms with Gasteiger partial charge in [-0.1, -0.05) is 60.7 Å². The lowest BCUT2D eigenvalue weighted by Crippen LogP contribution is -2.42. The van der Waals surface area contributed by atoms with Crippen LogP contribution in [0.3, 0.4) is 0 Å². The molecular formula is C21H24N2O3. The highest BCUT2D eigenvalue weighted by Crippen LogP contribution is 2.41. The van der Waals surface area contributed by atoms with Crippen molar-refractivity contribution in [2.24, 2.45) is 5.92 Å². The van der Waals surface area contributed by atoms with Gasteiger partial charge >= 0.3 is 5.97 Å². The van der Waals surface area contributed by atoms with E-state index in [2.05, 4.69) is 29.2 Å². The van der Waals surface area contributed by atoms with E-state index in [1.807, 2.05) is 48.4 Å². The van der Waals surface area contributed by atoms with E-state index < -0.39 is 0 Å². The third kappa shape index (κ3) is 3.26. The van der Waals surface area contributed by atoms with Crippen LogP contribution in [-0.4, -0.2) is 41.9 Å². The molecule has 136 valence electrons. The fourth-order valence-corrected chi connectivity index (χ4v) is 3.95. The highest BCUT2D eigenvalue weighted by atomic mass is 16.7. The number of hydroxylamine groups is 2. The van der Waals surface area contributed by atoms with Crippen LogP contribution in [0.5, 0.6) is 0 Å². The predicted octanol–water partition coefficient (Wildman–Crippen LogP) is 3.00. The SMILES string of the molecule is CCOC(=O)[C@H]1CON2[C@@H](c3ccccc3)CN(Cc3ccccc3)[C@H]12. The molecule has 0 spiro atoms. The molecule has 3 atom stereocenters. The molecular weight excluding hydrogens is 328 g/mol. The van der Waals surface area contributed by atoms with Crippen molar-refractivity contribution in [3.8, 4) is 0 Å². The first-order chi connectivity index (χ1) is 12.8. The molecule has 2 saturated heterocycles. The van der Waals surface area contributed by atoms with Crippen molar-refractivity contribution in [1.82, 2.24) is 9.96 Å². The molecule has 2 aromatic carbocycles. The van der Waals surface area contributed by atoms with Gasteiger partial charge in [0.1, 0.15) is 12.1 Å². The Kier molecular flexibility index (Phi) is 5.02. The zero-order chi connectivity index (χ0) is 17.9. The average Bonchev–Trinajstić information content (AvgIpc) is 3.25. The van der Waals surface area contributed by atoms with E-state index in [0.717, 1.165) is 13.1 Å². The molecule has 0 amide bonds. The van der Waals surface area contributed by atoms with Crippen LogP contribution in [0.1, 0.15) is 24.1 Å². The van der Waals surface area contributed by atoms with Gasteiger partial charge in [0.05, 0.1) is 19.3 Å². The molecule has 0 saturated carbocycles. The fraction of sp³-hybridized carbons (Fsp3) is 0.381. The quantitative estimate of drug-likeness (QED) is 0.774. The van der Waals surface area contributed by atoms with Crippen LogP contribution in [-0.2, 0) is 20.9 Å². The summed E-state index contributed by atoms with van der Waals surface area (Å²) in [7, 11) is 0. The Labute approximate surface area is 154 Å². The lowest BCUT2D eigenvalue weighted by Gasteiger charge is -2.26. The molecule has 2 aliphatic heterocycles. The summed E-state index contributed by atoms with van der Waals surface area (Å²) in [5.74, 6) is -0.459. The van der Waals surface area contributed by atoms with Crippen LogP contribution in [0.15, 0.2) is 60.7 Å². The van der Waals surface area contributed by atoms with E-state index >= 15 is 0 Å². The highest BCUT2D eigenvalue weighted by Gasteiger charge is 2.52. The van der Waals surface area contributed by atoms with Crippen LogP contribution in [0.25, 0.3) is 0 Å². The van der Waals surface area contributed by atoms with Crippen molar-refractivity contribution in [3.63, 3.8) is 0 Å². The van der Waals surface area contributed by atoms with Gasteiger partial charge in [0, 0.05) is 13.1 Å². The molecule has 2 aliphatic rings. The molecule has 2 heterocycles. The Balaban J connectivity index is 1.62. The number of hydrogen-bond donors (Lipinski definition) is 0. The van der Waals surface area contributed by atoms with Crippen LogP contribution in [0, 0.1) is 5.92 Å². The monoisotopic (exact) mass is 352 g/mol. The van der Waals surface area contributed by atoms with Gasteiger partial charge < -0.3 is 4.74 Å². The van der Waals surface area contributed by atoms with Gasteiger partial charge in [-0.05, 0) is 18.1 Å². The number of ether oxygens (including phenoxy) is 1. The first-order valence-corrected chi connectivity index (χ1v) is 9.18.